The molecule has 4 aromatic rings. The van der Waals surface area contributed by atoms with Gasteiger partial charge in [-0.25, -0.2) is 12.8 Å². The maximum absolute atomic E-state index is 13.6. The van der Waals surface area contributed by atoms with Crippen LogP contribution in [-0.2, 0) is 22.2 Å². The number of rotatable bonds is 10. The van der Waals surface area contributed by atoms with Gasteiger partial charge in [-0.05, 0) is 61.4 Å². The third-order valence-corrected chi connectivity index (χ3v) is 8.30. The van der Waals surface area contributed by atoms with E-state index in [0.29, 0.717) is 28.7 Å². The minimum Gasteiger partial charge on any atom is -0.494 e. The lowest BCUT2D eigenvalue weighted by Gasteiger charge is -2.22. The number of aromatic nitrogens is 3. The van der Waals surface area contributed by atoms with Crippen molar-refractivity contribution < 1.29 is 36.9 Å². The van der Waals surface area contributed by atoms with Gasteiger partial charge in [0.15, 0.2) is 21.4 Å². The minimum absolute atomic E-state index is 0.0254. The van der Waals surface area contributed by atoms with Crippen LogP contribution in [0.4, 0.5) is 4.39 Å². The van der Waals surface area contributed by atoms with Gasteiger partial charge in [0.1, 0.15) is 34.5 Å². The molecule has 202 valence electrons. The molecule has 0 saturated heterocycles. The highest BCUT2D eigenvalue weighted by atomic mass is 32.2. The molecule has 38 heavy (non-hydrogen) atoms. The topological polar surface area (TPSA) is 137 Å². The van der Waals surface area contributed by atoms with Crippen LogP contribution in [0.1, 0.15) is 35.7 Å². The second-order valence-corrected chi connectivity index (χ2v) is 11.0. The van der Waals surface area contributed by atoms with Gasteiger partial charge in [-0.3, -0.25) is 4.57 Å². The van der Waals surface area contributed by atoms with Crippen LogP contribution in [0.25, 0.3) is 17.3 Å². The fourth-order valence-electron chi connectivity index (χ4n) is 4.17. The molecule has 0 bridgehead atoms. The number of sulfone groups is 1. The van der Waals surface area contributed by atoms with Crippen LogP contribution in [0.5, 0.6) is 11.5 Å². The van der Waals surface area contributed by atoms with E-state index in [1.54, 1.807) is 37.3 Å². The predicted molar refractivity (Wildman–Crippen MR) is 136 cm³/mol. The van der Waals surface area contributed by atoms with E-state index < -0.39 is 39.4 Å². The second kappa shape index (κ2) is 10.9. The molecule has 0 amide bonds. The third kappa shape index (κ3) is 5.15. The summed E-state index contributed by atoms with van der Waals surface area (Å²) < 4.78 is 59.1. The monoisotopic (exact) mass is 545 g/mol. The van der Waals surface area contributed by atoms with Crippen LogP contribution in [-0.4, -0.2) is 52.9 Å². The van der Waals surface area contributed by atoms with Gasteiger partial charge in [0, 0.05) is 0 Å². The second-order valence-electron chi connectivity index (χ2n) is 8.66. The molecule has 0 aliphatic carbocycles. The van der Waals surface area contributed by atoms with Gasteiger partial charge in [-0.15, -0.1) is 10.2 Å². The van der Waals surface area contributed by atoms with Crippen molar-refractivity contribution in [1.29, 1.82) is 0 Å². The number of aliphatic hydroxyl groups is 2. The lowest BCUT2D eigenvalue weighted by atomic mass is 10.0. The number of benzene rings is 2. The van der Waals surface area contributed by atoms with E-state index in [1.807, 2.05) is 0 Å². The molecule has 2 heterocycles. The van der Waals surface area contributed by atoms with Crippen LogP contribution in [0, 0.1) is 12.7 Å². The number of ether oxygens (including phenoxy) is 2. The average Bonchev–Trinajstić information content (AvgIpc) is 3.52. The van der Waals surface area contributed by atoms with E-state index >= 15 is 0 Å². The van der Waals surface area contributed by atoms with Gasteiger partial charge in [-0.2, -0.15) is 0 Å². The summed E-state index contributed by atoms with van der Waals surface area (Å²) in [5.41, 5.74) is 0.576. The molecule has 2 aromatic heterocycles. The number of halogens is 1. The first-order valence-corrected chi connectivity index (χ1v) is 13.3. The number of hydrogen-bond acceptors (Lipinski definition) is 9. The summed E-state index contributed by atoms with van der Waals surface area (Å²) in [5, 5.41) is 27.6. The number of methoxy groups -OCH3 is 2. The first-order chi connectivity index (χ1) is 18.1. The number of para-hydroxylation sites is 1. The van der Waals surface area contributed by atoms with Crippen molar-refractivity contribution in [2.24, 2.45) is 0 Å². The molecule has 10 nitrogen and oxygen atoms in total. The van der Waals surface area contributed by atoms with Gasteiger partial charge in [-0.1, -0.05) is 12.1 Å². The van der Waals surface area contributed by atoms with Gasteiger partial charge in [0.2, 0.25) is 5.82 Å². The molecule has 0 aliphatic rings. The highest BCUT2D eigenvalue weighted by Gasteiger charge is 2.34. The van der Waals surface area contributed by atoms with E-state index in [4.69, 9.17) is 13.9 Å². The standard InChI is InChI=1S/C26H28FN3O7S/c1-15-8-11-22(37-15)26-29-28-23(30(26)24-20(35-3)6-5-7-21(24)36-4)14-38(33,34)16(2)25(32)19-10-9-18(27)12-17(19)13-31/h5-12,16,25,31-32H,13-14H2,1-4H3/t16-,25-/m0/s1. The van der Waals surface area contributed by atoms with Crippen molar-refractivity contribution in [3.8, 4) is 28.8 Å². The largest absolute Gasteiger partial charge is 0.494 e. The fourth-order valence-corrected chi connectivity index (χ4v) is 5.52. The molecule has 0 radical (unpaired) electrons. The smallest absolute Gasteiger partial charge is 0.204 e. The lowest BCUT2D eigenvalue weighted by molar-refractivity contribution is 0.171. The zero-order chi connectivity index (χ0) is 27.6. The van der Waals surface area contributed by atoms with Crippen LogP contribution in [0.3, 0.4) is 0 Å². The number of nitrogens with zero attached hydrogens (tertiary/aromatic N) is 3. The Kier molecular flexibility index (Phi) is 7.86. The van der Waals surface area contributed by atoms with E-state index in [0.717, 1.165) is 12.1 Å². The van der Waals surface area contributed by atoms with E-state index in [9.17, 15) is 23.0 Å². The molecule has 0 spiro atoms. The maximum Gasteiger partial charge on any atom is 0.204 e. The fraction of sp³-hybridized carbons (Fsp3) is 0.308. The number of aryl methyl sites for hydroxylation is 1. The summed E-state index contributed by atoms with van der Waals surface area (Å²) in [6.07, 6.45) is -1.54. The van der Waals surface area contributed by atoms with Crippen molar-refractivity contribution in [1.82, 2.24) is 14.8 Å². The maximum atomic E-state index is 13.6. The molecular formula is C26H28FN3O7S. The summed E-state index contributed by atoms with van der Waals surface area (Å²) in [4.78, 5) is 0. The van der Waals surface area contributed by atoms with Gasteiger partial charge in [0.25, 0.3) is 0 Å². The van der Waals surface area contributed by atoms with E-state index in [-0.39, 0.29) is 22.8 Å². The number of hydrogen-bond donors (Lipinski definition) is 2. The Morgan fingerprint density at radius 2 is 1.76 bits per heavy atom. The molecule has 4 rings (SSSR count). The Bertz CT molecular complexity index is 1530. The van der Waals surface area contributed by atoms with Crippen LogP contribution in [0.15, 0.2) is 52.9 Å². The van der Waals surface area contributed by atoms with E-state index in [2.05, 4.69) is 10.2 Å². The normalized spacial score (nSPS) is 13.3. The minimum atomic E-state index is -4.09. The lowest BCUT2D eigenvalue weighted by Crippen LogP contribution is -2.28. The zero-order valence-corrected chi connectivity index (χ0v) is 22.1. The van der Waals surface area contributed by atoms with Crippen molar-refractivity contribution in [2.45, 2.75) is 37.6 Å². The van der Waals surface area contributed by atoms with Crippen molar-refractivity contribution in [3.63, 3.8) is 0 Å². The highest BCUT2D eigenvalue weighted by molar-refractivity contribution is 7.91. The van der Waals surface area contributed by atoms with Gasteiger partial charge < -0.3 is 24.1 Å². The molecule has 0 saturated carbocycles. The Morgan fingerprint density at radius 1 is 1.08 bits per heavy atom. The zero-order valence-electron chi connectivity index (χ0n) is 21.3. The first-order valence-electron chi connectivity index (χ1n) is 11.6. The van der Waals surface area contributed by atoms with Crippen LogP contribution < -0.4 is 9.47 Å². The van der Waals surface area contributed by atoms with E-state index in [1.165, 1.54) is 31.8 Å². The summed E-state index contributed by atoms with van der Waals surface area (Å²) in [6, 6.07) is 11.9. The van der Waals surface area contributed by atoms with Crippen LogP contribution in [0.2, 0.25) is 0 Å². The van der Waals surface area contributed by atoms with Gasteiger partial charge in [0.05, 0.1) is 32.2 Å². The Hall–Kier alpha value is -3.74. The molecule has 0 fully saturated rings. The van der Waals surface area contributed by atoms with Crippen molar-refractivity contribution in [3.05, 3.63) is 77.1 Å². The summed E-state index contributed by atoms with van der Waals surface area (Å²) in [6.45, 7) is 2.54. The summed E-state index contributed by atoms with van der Waals surface area (Å²) in [7, 11) is -1.15. The predicted octanol–water partition coefficient (Wildman–Crippen LogP) is 3.52. The summed E-state index contributed by atoms with van der Waals surface area (Å²) >= 11 is 0. The molecule has 0 unspecified atom stereocenters. The van der Waals surface area contributed by atoms with Crippen molar-refractivity contribution >= 4 is 9.84 Å². The average molecular weight is 546 g/mol. The molecule has 0 aliphatic heterocycles. The Balaban J connectivity index is 1.81. The molecule has 2 N–H and O–H groups in total. The highest BCUT2D eigenvalue weighted by Crippen LogP contribution is 2.37. The molecule has 2 atom stereocenters. The molecule has 2 aromatic carbocycles. The Labute approximate surface area is 219 Å². The summed E-state index contributed by atoms with van der Waals surface area (Å²) in [5.74, 6) is 0.732. The molecule has 12 heteroatoms. The quantitative estimate of drug-likeness (QED) is 0.307. The number of aliphatic hydroxyl groups excluding tert-OH is 2. The van der Waals surface area contributed by atoms with Crippen molar-refractivity contribution in [2.75, 3.05) is 14.2 Å². The SMILES string of the molecule is COc1cccc(OC)c1-n1c(CS(=O)(=O)[C@@H](C)[C@H](O)c2ccc(F)cc2CO)nnc1-c1ccc(C)o1. The number of furan rings is 1. The van der Waals surface area contributed by atoms with Crippen LogP contribution >= 0.6 is 0 Å². The first kappa shape index (κ1) is 27.3. The molecular weight excluding hydrogens is 517 g/mol. The Morgan fingerprint density at radius 3 is 2.34 bits per heavy atom. The third-order valence-electron chi connectivity index (χ3n) is 6.25. The van der Waals surface area contributed by atoms with Gasteiger partial charge >= 0.3 is 0 Å².